The molecule has 14 nitrogen and oxygen atoms in total. The molecule has 0 saturated heterocycles. The van der Waals surface area contributed by atoms with Gasteiger partial charge in [-0.2, -0.15) is 20.7 Å². The van der Waals surface area contributed by atoms with Gasteiger partial charge in [-0.3, -0.25) is 18.5 Å². The molecule has 0 aliphatic carbocycles. The Kier molecular flexibility index (Phi) is 20.3. The van der Waals surface area contributed by atoms with Crippen LogP contribution < -0.4 is 18.9 Å². The molecular formula is C47H45Cl2LiN8O6S2. The zero-order valence-corrected chi connectivity index (χ0v) is 38.8. The number of aromatic nitrogens is 6. The number of aromatic carboxylic acids is 1. The van der Waals surface area contributed by atoms with Gasteiger partial charge in [0.05, 0.1) is 62.3 Å². The summed E-state index contributed by atoms with van der Waals surface area (Å²) in [7, 11) is 0. The second-order valence-corrected chi connectivity index (χ2v) is 16.8. The largest absolute Gasteiger partial charge is 1.00 e. The minimum absolute atomic E-state index is 0. The number of nitrogens with zero attached hydrogens (tertiary/aromatic N) is 8. The van der Waals surface area contributed by atoms with E-state index in [1.807, 2.05) is 79.4 Å². The average Bonchev–Trinajstić information content (AvgIpc) is 4.05. The van der Waals surface area contributed by atoms with Crippen molar-refractivity contribution >= 4 is 80.5 Å². The van der Waals surface area contributed by atoms with Crippen LogP contribution in [0.25, 0.3) is 33.2 Å². The molecule has 0 spiro atoms. The minimum atomic E-state index is -0.990. The molecule has 0 saturated carbocycles. The van der Waals surface area contributed by atoms with Crippen LogP contribution in [0.5, 0.6) is 0 Å². The Bertz CT molecular complexity index is 3060. The number of fused-ring (bicyclic) bond motifs is 2. The van der Waals surface area contributed by atoms with Crippen molar-refractivity contribution in [2.75, 3.05) is 6.61 Å². The third kappa shape index (κ3) is 11.7. The van der Waals surface area contributed by atoms with Crippen molar-refractivity contribution in [1.29, 1.82) is 10.5 Å². The molecule has 0 aliphatic heterocycles. The summed E-state index contributed by atoms with van der Waals surface area (Å²) >= 11 is 15.4. The summed E-state index contributed by atoms with van der Waals surface area (Å²) in [5, 5.41) is 41.2. The fraction of sp³-hybridized carbons (Fsp3) is 0.191. The van der Waals surface area contributed by atoms with E-state index in [1.54, 1.807) is 55.7 Å². The van der Waals surface area contributed by atoms with Crippen molar-refractivity contribution in [2.24, 2.45) is 0 Å². The molecule has 0 aliphatic rings. The molecule has 0 radical (unpaired) electrons. The number of nitriles is 2. The predicted molar refractivity (Wildman–Crippen MR) is 254 cm³/mol. The Morgan fingerprint density at radius 3 is 1.56 bits per heavy atom. The zero-order chi connectivity index (χ0) is 43.9. The second-order valence-electron chi connectivity index (χ2n) is 13.8. The molecule has 19 heteroatoms. The number of hydrogen-bond acceptors (Lipinski definition) is 10. The first kappa shape index (κ1) is 54.4. The van der Waals surface area contributed by atoms with Crippen molar-refractivity contribution in [3.63, 3.8) is 0 Å². The first-order valence-electron chi connectivity index (χ1n) is 19.6. The molecule has 4 heterocycles. The van der Waals surface area contributed by atoms with Crippen LogP contribution in [0, 0.1) is 22.7 Å². The summed E-state index contributed by atoms with van der Waals surface area (Å²) in [4.78, 5) is 26.6. The molecule has 66 heavy (non-hydrogen) atoms. The third-order valence-electron chi connectivity index (χ3n) is 9.51. The number of aryl methyl sites for hydroxylation is 2. The second kappa shape index (κ2) is 24.6. The van der Waals surface area contributed by atoms with Crippen LogP contribution in [0.1, 0.15) is 73.1 Å². The first-order chi connectivity index (χ1) is 30.1. The van der Waals surface area contributed by atoms with Gasteiger partial charge in [0, 0.05) is 56.1 Å². The van der Waals surface area contributed by atoms with Crippen LogP contribution in [0.4, 0.5) is 0 Å². The van der Waals surface area contributed by atoms with Crippen molar-refractivity contribution in [3.8, 4) is 23.5 Å². The number of ether oxygens (including phenoxy) is 1. The summed E-state index contributed by atoms with van der Waals surface area (Å²) in [6.07, 6.45) is 9.24. The van der Waals surface area contributed by atoms with Crippen LogP contribution in [0.15, 0.2) is 129 Å². The van der Waals surface area contributed by atoms with Gasteiger partial charge in [0.15, 0.2) is 0 Å². The SMILES string of the molecule is C.CCCn1cc(-n2c(C#N)c(Sc3cccc(C(=O)O)c3)c3ccc(Cl)cc32)cn1.CCCn1cc(-n2c(C#N)c(Sc3cccc(C(=O)OCC)c3)c3ccc(Cl)cc32)cn1.O.[Li+].[OH-]. The van der Waals surface area contributed by atoms with Crippen molar-refractivity contribution in [1.82, 2.24) is 28.7 Å². The Balaban J connectivity index is 0.000000331. The summed E-state index contributed by atoms with van der Waals surface area (Å²) in [6.45, 7) is 7.83. The number of rotatable bonds is 13. The van der Waals surface area contributed by atoms with Gasteiger partial charge in [0.25, 0.3) is 0 Å². The van der Waals surface area contributed by atoms with E-state index < -0.39 is 5.97 Å². The summed E-state index contributed by atoms with van der Waals surface area (Å²) in [5.74, 6) is -1.36. The van der Waals surface area contributed by atoms with Crippen LogP contribution in [-0.2, 0) is 17.8 Å². The number of halogens is 2. The van der Waals surface area contributed by atoms with E-state index in [1.165, 1.54) is 23.5 Å². The van der Waals surface area contributed by atoms with Gasteiger partial charge in [0.1, 0.15) is 23.5 Å². The van der Waals surface area contributed by atoms with E-state index in [9.17, 15) is 25.2 Å². The molecule has 4 aromatic carbocycles. The number of carbonyl (C=O) groups excluding carboxylic acids is 1. The molecule has 8 aromatic rings. The maximum absolute atomic E-state index is 12.2. The average molecular weight is 960 g/mol. The van der Waals surface area contributed by atoms with Crippen LogP contribution in [0.2, 0.25) is 10.0 Å². The van der Waals surface area contributed by atoms with Crippen molar-refractivity contribution in [3.05, 3.63) is 142 Å². The van der Waals surface area contributed by atoms with Gasteiger partial charge in [-0.05, 0) is 80.4 Å². The van der Waals surface area contributed by atoms with Gasteiger partial charge in [-0.1, -0.05) is 92.3 Å². The van der Waals surface area contributed by atoms with E-state index >= 15 is 0 Å². The van der Waals surface area contributed by atoms with Crippen LogP contribution >= 0.6 is 46.7 Å². The Hall–Kier alpha value is -5.90. The Labute approximate surface area is 412 Å². The molecule has 336 valence electrons. The normalized spacial score (nSPS) is 10.3. The molecule has 0 amide bonds. The molecule has 0 fully saturated rings. The minimum Gasteiger partial charge on any atom is -0.870 e. The van der Waals surface area contributed by atoms with Gasteiger partial charge in [0.2, 0.25) is 0 Å². The fourth-order valence-corrected chi connectivity index (χ4v) is 9.38. The molecule has 0 atom stereocenters. The van der Waals surface area contributed by atoms with E-state index in [0.29, 0.717) is 33.6 Å². The van der Waals surface area contributed by atoms with Gasteiger partial charge in [-0.25, -0.2) is 9.59 Å². The zero-order valence-electron chi connectivity index (χ0n) is 35.7. The van der Waals surface area contributed by atoms with Crippen LogP contribution in [-0.4, -0.2) is 63.3 Å². The number of carboxylic acid groups (broad SMARTS) is 1. The molecule has 4 N–H and O–H groups in total. The monoisotopic (exact) mass is 958 g/mol. The number of hydrogen-bond donors (Lipinski definition) is 1. The van der Waals surface area contributed by atoms with Crippen molar-refractivity contribution in [2.45, 2.75) is 73.7 Å². The van der Waals surface area contributed by atoms with E-state index in [-0.39, 0.29) is 48.8 Å². The summed E-state index contributed by atoms with van der Waals surface area (Å²) < 4.78 is 12.6. The smallest absolute Gasteiger partial charge is 0.870 e. The number of benzene rings is 4. The topological polar surface area (TPSA) is 218 Å². The molecule has 0 unspecified atom stereocenters. The predicted octanol–water partition coefficient (Wildman–Crippen LogP) is 8.34. The van der Waals surface area contributed by atoms with Gasteiger partial charge >= 0.3 is 30.8 Å². The maximum atomic E-state index is 12.2. The number of carbonyl (C=O) groups is 2. The summed E-state index contributed by atoms with van der Waals surface area (Å²) in [5.41, 5.74) is 4.82. The fourth-order valence-electron chi connectivity index (χ4n) is 6.88. The van der Waals surface area contributed by atoms with Crippen LogP contribution in [0.3, 0.4) is 0 Å². The van der Waals surface area contributed by atoms with Gasteiger partial charge < -0.3 is 20.8 Å². The van der Waals surface area contributed by atoms with Crippen molar-refractivity contribution < 1.29 is 49.2 Å². The Morgan fingerprint density at radius 1 is 0.712 bits per heavy atom. The van der Waals surface area contributed by atoms with E-state index in [4.69, 9.17) is 27.9 Å². The molecular weight excluding hydrogens is 915 g/mol. The maximum Gasteiger partial charge on any atom is 1.00 e. The number of carboxylic acids is 1. The molecule has 8 rings (SSSR count). The van der Waals surface area contributed by atoms with Gasteiger partial charge in [-0.15, -0.1) is 0 Å². The van der Waals surface area contributed by atoms with E-state index in [2.05, 4.69) is 36.2 Å². The first-order valence-corrected chi connectivity index (χ1v) is 22.0. The molecule has 4 aromatic heterocycles. The van der Waals surface area contributed by atoms with E-state index in [0.717, 1.165) is 78.7 Å². The number of esters is 1. The summed E-state index contributed by atoms with van der Waals surface area (Å²) in [6, 6.07) is 29.7. The third-order valence-corrected chi connectivity index (χ3v) is 12.2. The molecule has 0 bridgehead atoms. The standard InChI is InChI=1S/C24H21ClN4O2S.C22H17ClN4O2S.CH4.Li.2H2O/c1-3-10-28-15-18(14-27-28)29-21-12-17(25)8-9-20(21)23(22(29)13-26)32-19-7-5-6-16(11-19)24(30)31-4-2;1-2-8-26-13-16(12-25-26)27-19-10-15(23)6-7-18(19)21(20(27)11-24)30-17-5-3-4-14(9-17)22(28)29;;;;/h5-9,11-12,14-15H,3-4,10H2,1-2H3;3-7,9-10,12-13H,2,8H2,1H3,(H,28,29);1H4;;2*1H2/q;;;+1;;/p-1. The quantitative estimate of drug-likeness (QED) is 0.0855. The Morgan fingerprint density at radius 2 is 1.15 bits per heavy atom.